The molecule has 4 heteroatoms. The highest BCUT2D eigenvalue weighted by Gasteiger charge is 2.41. The normalized spacial score (nSPS) is 22.1. The molecule has 2 aliphatic heterocycles. The molecule has 1 saturated heterocycles. The number of nitriles is 1. The minimum Gasteiger partial charge on any atom is -0.335 e. The molecule has 0 unspecified atom stereocenters. The van der Waals surface area contributed by atoms with Crippen molar-refractivity contribution in [1.82, 2.24) is 4.90 Å². The zero-order chi connectivity index (χ0) is 18.5. The lowest BCUT2D eigenvalue weighted by molar-refractivity contribution is 0.0595. The quantitative estimate of drug-likeness (QED) is 0.774. The highest BCUT2D eigenvalue weighted by atomic mass is 16.2. The molecular formula is C23H21N3O. The molecule has 2 aromatic rings. The summed E-state index contributed by atoms with van der Waals surface area (Å²) in [7, 11) is 0. The van der Waals surface area contributed by atoms with Crippen molar-refractivity contribution in [2.24, 2.45) is 4.99 Å². The van der Waals surface area contributed by atoms with Gasteiger partial charge < -0.3 is 4.90 Å². The maximum Gasteiger partial charge on any atom is 0.254 e. The monoisotopic (exact) mass is 355 g/mol. The number of carbonyl (C=O) groups is 1. The molecule has 0 N–H and O–H groups in total. The van der Waals surface area contributed by atoms with Crippen molar-refractivity contribution in [3.63, 3.8) is 0 Å². The van der Waals surface area contributed by atoms with Crippen LogP contribution in [-0.4, -0.2) is 29.6 Å². The van der Waals surface area contributed by atoms with Crippen molar-refractivity contribution in [2.45, 2.75) is 44.6 Å². The molecule has 3 aliphatic rings. The van der Waals surface area contributed by atoms with E-state index in [-0.39, 0.29) is 11.9 Å². The van der Waals surface area contributed by atoms with Crippen molar-refractivity contribution in [1.29, 1.82) is 5.26 Å². The number of aliphatic imine (C=N–C) groups is 1. The molecule has 5 rings (SSSR count). The summed E-state index contributed by atoms with van der Waals surface area (Å²) in [5, 5.41) is 9.39. The Kier molecular flexibility index (Phi) is 3.65. The van der Waals surface area contributed by atoms with Crippen molar-refractivity contribution >= 4 is 17.8 Å². The number of amides is 1. The fourth-order valence-electron chi connectivity index (χ4n) is 4.97. The van der Waals surface area contributed by atoms with Gasteiger partial charge in [0.2, 0.25) is 0 Å². The molecule has 1 amide bonds. The van der Waals surface area contributed by atoms with Crippen LogP contribution >= 0.6 is 0 Å². The van der Waals surface area contributed by atoms with E-state index >= 15 is 0 Å². The molecule has 2 aromatic carbocycles. The summed E-state index contributed by atoms with van der Waals surface area (Å²) in [4.78, 5) is 19.8. The Morgan fingerprint density at radius 3 is 3.00 bits per heavy atom. The molecule has 2 heterocycles. The molecule has 0 bridgehead atoms. The van der Waals surface area contributed by atoms with Crippen molar-refractivity contribution in [2.75, 3.05) is 6.54 Å². The van der Waals surface area contributed by atoms with Crippen molar-refractivity contribution in [3.8, 4) is 6.07 Å². The summed E-state index contributed by atoms with van der Waals surface area (Å²) < 4.78 is 0. The summed E-state index contributed by atoms with van der Waals surface area (Å²) in [6, 6.07) is 12.6. The smallest absolute Gasteiger partial charge is 0.254 e. The van der Waals surface area contributed by atoms with Crippen LogP contribution in [0.15, 0.2) is 35.3 Å². The van der Waals surface area contributed by atoms with Crippen LogP contribution < -0.4 is 0 Å². The van der Waals surface area contributed by atoms with Crippen LogP contribution in [-0.2, 0) is 12.8 Å². The van der Waals surface area contributed by atoms with E-state index in [1.807, 2.05) is 31.3 Å². The number of hydrogen-bond donors (Lipinski definition) is 0. The molecule has 1 fully saturated rings. The fourth-order valence-corrected chi connectivity index (χ4v) is 4.97. The Hall–Kier alpha value is -2.93. The van der Waals surface area contributed by atoms with Gasteiger partial charge in [-0.25, -0.2) is 0 Å². The number of rotatable bonds is 1. The summed E-state index contributed by atoms with van der Waals surface area (Å²) in [5.41, 5.74) is 7.23. The largest absolute Gasteiger partial charge is 0.335 e. The topological polar surface area (TPSA) is 56.5 Å². The minimum absolute atomic E-state index is 0.111. The second-order valence-electron chi connectivity index (χ2n) is 7.86. The third-order valence-electron chi connectivity index (χ3n) is 6.35. The van der Waals surface area contributed by atoms with E-state index in [2.05, 4.69) is 28.1 Å². The standard InChI is InChI=1S/C23H21N3O/c1-14-9-17-12-22-19(20(17)10-18(14)13-24)3-2-8-26(22)23(27)16-5-4-15-6-7-25-21(15)11-16/h4-5,7,9-11,19,22H,2-3,6,8,12H2,1H3/t19-,22+/m1/s1. The average molecular weight is 355 g/mol. The Labute approximate surface area is 159 Å². The maximum absolute atomic E-state index is 13.3. The molecule has 0 spiro atoms. The van der Waals surface area contributed by atoms with E-state index in [1.54, 1.807) is 0 Å². The third-order valence-corrected chi connectivity index (χ3v) is 6.35. The molecule has 134 valence electrons. The maximum atomic E-state index is 13.3. The number of fused-ring (bicyclic) bond motifs is 4. The Balaban J connectivity index is 1.47. The molecule has 2 atom stereocenters. The minimum atomic E-state index is 0.111. The Bertz CT molecular complexity index is 1030. The third kappa shape index (κ3) is 2.49. The zero-order valence-corrected chi connectivity index (χ0v) is 15.4. The van der Waals surface area contributed by atoms with Gasteiger partial charge in [0.25, 0.3) is 5.91 Å². The highest BCUT2D eigenvalue weighted by Crippen LogP contribution is 2.43. The predicted octanol–water partition coefficient (Wildman–Crippen LogP) is 4.07. The average Bonchev–Trinajstić information content (AvgIpc) is 3.29. The molecule has 0 radical (unpaired) electrons. The first-order chi connectivity index (χ1) is 13.2. The fraction of sp³-hybridized carbons (Fsp3) is 0.348. The molecule has 0 aromatic heterocycles. The zero-order valence-electron chi connectivity index (χ0n) is 15.4. The van der Waals surface area contributed by atoms with Crippen molar-refractivity contribution in [3.05, 3.63) is 63.7 Å². The van der Waals surface area contributed by atoms with E-state index in [0.29, 0.717) is 5.92 Å². The number of aryl methyl sites for hydroxylation is 1. The van der Waals surface area contributed by atoms with Gasteiger partial charge in [0.15, 0.2) is 0 Å². The van der Waals surface area contributed by atoms with Gasteiger partial charge in [-0.15, -0.1) is 0 Å². The molecular weight excluding hydrogens is 334 g/mol. The van der Waals surface area contributed by atoms with Gasteiger partial charge in [-0.2, -0.15) is 5.26 Å². The number of carbonyl (C=O) groups excluding carboxylic acids is 1. The lowest BCUT2D eigenvalue weighted by atomic mass is 9.87. The van der Waals surface area contributed by atoms with E-state index in [9.17, 15) is 10.1 Å². The SMILES string of the molecule is Cc1cc2c(cc1C#N)[C@H]1CCCN(C(=O)c3ccc4c(c3)N=CC4)[C@H]1C2. The molecule has 27 heavy (non-hydrogen) atoms. The van der Waals surface area contributed by atoms with E-state index in [4.69, 9.17) is 0 Å². The highest BCUT2D eigenvalue weighted by molar-refractivity contribution is 5.96. The van der Waals surface area contributed by atoms with Gasteiger partial charge >= 0.3 is 0 Å². The van der Waals surface area contributed by atoms with Crippen LogP contribution in [0.4, 0.5) is 5.69 Å². The lowest BCUT2D eigenvalue weighted by Gasteiger charge is -2.38. The number of likely N-dealkylation sites (tertiary alicyclic amines) is 1. The van der Waals surface area contributed by atoms with Gasteiger partial charge in [-0.05, 0) is 66.6 Å². The Morgan fingerprint density at radius 1 is 1.26 bits per heavy atom. The van der Waals surface area contributed by atoms with Gasteiger partial charge in [0.05, 0.1) is 17.3 Å². The first kappa shape index (κ1) is 16.3. The van der Waals surface area contributed by atoms with Gasteiger partial charge in [0.1, 0.15) is 0 Å². The van der Waals surface area contributed by atoms with E-state index in [1.165, 1.54) is 16.7 Å². The van der Waals surface area contributed by atoms with Gasteiger partial charge in [0, 0.05) is 36.7 Å². The Morgan fingerprint density at radius 2 is 2.15 bits per heavy atom. The van der Waals surface area contributed by atoms with Crippen LogP contribution in [0, 0.1) is 18.3 Å². The van der Waals surface area contributed by atoms with Crippen LogP contribution in [0.3, 0.4) is 0 Å². The predicted molar refractivity (Wildman–Crippen MR) is 105 cm³/mol. The number of piperidine rings is 1. The number of benzene rings is 2. The van der Waals surface area contributed by atoms with E-state index < -0.39 is 0 Å². The van der Waals surface area contributed by atoms with Crippen LogP contribution in [0.2, 0.25) is 0 Å². The van der Waals surface area contributed by atoms with Crippen LogP contribution in [0.5, 0.6) is 0 Å². The summed E-state index contributed by atoms with van der Waals surface area (Å²) in [5.74, 6) is 0.456. The van der Waals surface area contributed by atoms with Crippen LogP contribution in [0.25, 0.3) is 0 Å². The summed E-state index contributed by atoms with van der Waals surface area (Å²) >= 11 is 0. The number of nitrogens with zero attached hydrogens (tertiary/aromatic N) is 3. The summed E-state index contributed by atoms with van der Waals surface area (Å²) in [6.07, 6.45) is 5.74. The lowest BCUT2D eigenvalue weighted by Crippen LogP contribution is -2.46. The van der Waals surface area contributed by atoms with Crippen LogP contribution in [0.1, 0.15) is 56.9 Å². The molecule has 4 nitrogen and oxygen atoms in total. The van der Waals surface area contributed by atoms with Crippen molar-refractivity contribution < 1.29 is 4.79 Å². The first-order valence-electron chi connectivity index (χ1n) is 9.65. The van der Waals surface area contributed by atoms with E-state index in [0.717, 1.165) is 54.6 Å². The second-order valence-corrected chi connectivity index (χ2v) is 7.86. The summed E-state index contributed by atoms with van der Waals surface area (Å²) in [6.45, 7) is 2.80. The second kappa shape index (κ2) is 6.06. The number of hydrogen-bond acceptors (Lipinski definition) is 3. The first-order valence-corrected chi connectivity index (χ1v) is 9.65. The van der Waals surface area contributed by atoms with Gasteiger partial charge in [-0.1, -0.05) is 12.1 Å². The van der Waals surface area contributed by atoms with Gasteiger partial charge in [-0.3, -0.25) is 9.79 Å². The molecule has 1 aliphatic carbocycles. The molecule has 0 saturated carbocycles.